The fourth-order valence-corrected chi connectivity index (χ4v) is 3.34. The van der Waals surface area contributed by atoms with E-state index in [0.717, 1.165) is 22.9 Å². The largest absolute Gasteiger partial charge is 0.497 e. The fourth-order valence-electron chi connectivity index (χ4n) is 3.34. The molecule has 3 nitrogen and oxygen atoms in total. The highest BCUT2D eigenvalue weighted by Crippen LogP contribution is 2.41. The van der Waals surface area contributed by atoms with Gasteiger partial charge in [0.15, 0.2) is 0 Å². The molecule has 0 fully saturated rings. The molecule has 0 aliphatic rings. The molecule has 0 aliphatic heterocycles. The Balaban J connectivity index is 2.41. The summed E-state index contributed by atoms with van der Waals surface area (Å²) >= 11 is 0. The van der Waals surface area contributed by atoms with Gasteiger partial charge in [-0.2, -0.15) is 0 Å². The third kappa shape index (κ3) is 3.41. The van der Waals surface area contributed by atoms with Crippen LogP contribution in [-0.4, -0.2) is 18.2 Å². The molecule has 0 aromatic heterocycles. The minimum absolute atomic E-state index is 0.173. The first kappa shape index (κ1) is 16.3. The number of ether oxygens (including phenoxy) is 1. The van der Waals surface area contributed by atoms with E-state index >= 15 is 0 Å². The molecule has 0 saturated heterocycles. The molecule has 0 spiro atoms. The topological polar surface area (TPSA) is 46.5 Å². The summed E-state index contributed by atoms with van der Waals surface area (Å²) in [4.78, 5) is 11.1. The van der Waals surface area contributed by atoms with E-state index in [1.165, 1.54) is 5.56 Å². The van der Waals surface area contributed by atoms with Crippen molar-refractivity contribution in [2.45, 2.75) is 39.5 Å². The summed E-state index contributed by atoms with van der Waals surface area (Å²) < 4.78 is 5.25. The molecule has 2 rings (SSSR count). The summed E-state index contributed by atoms with van der Waals surface area (Å²) in [5.74, 6) is 0.322. The molecular weight excluding hydrogens is 276 g/mol. The van der Waals surface area contributed by atoms with Gasteiger partial charge in [0.2, 0.25) is 0 Å². The van der Waals surface area contributed by atoms with Gasteiger partial charge in [-0.3, -0.25) is 4.79 Å². The maximum Gasteiger partial charge on any atom is 0.303 e. The SMILES string of the molecule is CC[C@@H](c1ccc2cc(OC)ccc2c1)C(C)(C)CC(=O)O. The van der Waals surface area contributed by atoms with Crippen LogP contribution >= 0.6 is 0 Å². The molecule has 2 aromatic rings. The number of aliphatic carboxylic acids is 1. The van der Waals surface area contributed by atoms with Crippen molar-refractivity contribution < 1.29 is 14.6 Å². The molecule has 0 bridgehead atoms. The Morgan fingerprint density at radius 1 is 1.18 bits per heavy atom. The van der Waals surface area contributed by atoms with Crippen LogP contribution in [-0.2, 0) is 4.79 Å². The molecular formula is C19H24O3. The molecule has 1 atom stereocenters. The van der Waals surface area contributed by atoms with E-state index in [0.29, 0.717) is 0 Å². The zero-order chi connectivity index (χ0) is 16.3. The number of carboxylic acids is 1. The van der Waals surface area contributed by atoms with Crippen LogP contribution in [0.5, 0.6) is 5.75 Å². The number of carboxylic acid groups (broad SMARTS) is 1. The first-order valence-corrected chi connectivity index (χ1v) is 7.67. The van der Waals surface area contributed by atoms with Crippen LogP contribution in [0.15, 0.2) is 36.4 Å². The molecule has 0 saturated carbocycles. The highest BCUT2D eigenvalue weighted by atomic mass is 16.5. The van der Waals surface area contributed by atoms with E-state index in [-0.39, 0.29) is 17.8 Å². The number of carbonyl (C=O) groups is 1. The summed E-state index contributed by atoms with van der Waals surface area (Å²) in [6, 6.07) is 12.4. The van der Waals surface area contributed by atoms with Gasteiger partial charge in [0, 0.05) is 0 Å². The van der Waals surface area contributed by atoms with Crippen molar-refractivity contribution >= 4 is 16.7 Å². The smallest absolute Gasteiger partial charge is 0.303 e. The first-order chi connectivity index (χ1) is 10.4. The van der Waals surface area contributed by atoms with Gasteiger partial charge in [-0.25, -0.2) is 0 Å². The molecule has 0 heterocycles. The zero-order valence-electron chi connectivity index (χ0n) is 13.7. The lowest BCUT2D eigenvalue weighted by atomic mass is 9.71. The summed E-state index contributed by atoms with van der Waals surface area (Å²) in [6.45, 7) is 6.19. The van der Waals surface area contributed by atoms with Gasteiger partial charge in [-0.05, 0) is 46.2 Å². The number of methoxy groups -OCH3 is 1. The number of fused-ring (bicyclic) bond motifs is 1. The van der Waals surface area contributed by atoms with E-state index in [2.05, 4.69) is 31.2 Å². The Morgan fingerprint density at radius 2 is 1.82 bits per heavy atom. The second-order valence-corrected chi connectivity index (χ2v) is 6.49. The van der Waals surface area contributed by atoms with Crippen LogP contribution in [0.25, 0.3) is 10.8 Å². The van der Waals surface area contributed by atoms with E-state index in [1.807, 2.05) is 26.0 Å². The maximum absolute atomic E-state index is 11.1. The van der Waals surface area contributed by atoms with Crippen LogP contribution in [0.1, 0.15) is 45.1 Å². The lowest BCUT2D eigenvalue weighted by Gasteiger charge is -2.33. The molecule has 1 N–H and O–H groups in total. The Labute approximate surface area is 131 Å². The Hall–Kier alpha value is -2.03. The predicted molar refractivity (Wildman–Crippen MR) is 89.6 cm³/mol. The third-order valence-corrected chi connectivity index (χ3v) is 4.43. The average Bonchev–Trinajstić information content (AvgIpc) is 2.45. The van der Waals surface area contributed by atoms with Gasteiger partial charge in [0.05, 0.1) is 13.5 Å². The highest BCUT2D eigenvalue weighted by molar-refractivity contribution is 5.84. The highest BCUT2D eigenvalue weighted by Gasteiger charge is 2.31. The summed E-state index contributed by atoms with van der Waals surface area (Å²) in [5, 5.41) is 11.4. The van der Waals surface area contributed by atoms with E-state index in [4.69, 9.17) is 9.84 Å². The van der Waals surface area contributed by atoms with Crippen LogP contribution in [0.3, 0.4) is 0 Å². The minimum atomic E-state index is -0.742. The number of hydrogen-bond donors (Lipinski definition) is 1. The van der Waals surface area contributed by atoms with Crippen molar-refractivity contribution in [3.63, 3.8) is 0 Å². The van der Waals surface area contributed by atoms with E-state index in [9.17, 15) is 4.79 Å². The summed E-state index contributed by atoms with van der Waals surface area (Å²) in [6.07, 6.45) is 1.09. The quantitative estimate of drug-likeness (QED) is 0.830. The standard InChI is InChI=1S/C19H24O3/c1-5-17(19(2,3)12-18(20)21)15-7-6-14-11-16(22-4)9-8-13(14)10-15/h6-11,17H,5,12H2,1-4H3,(H,20,21)/t17-/m0/s1. The Bertz CT molecular complexity index is 673. The second kappa shape index (κ2) is 6.39. The van der Waals surface area contributed by atoms with Gasteiger partial charge in [-0.1, -0.05) is 45.0 Å². The van der Waals surface area contributed by atoms with E-state index < -0.39 is 5.97 Å². The zero-order valence-corrected chi connectivity index (χ0v) is 13.7. The first-order valence-electron chi connectivity index (χ1n) is 7.67. The van der Waals surface area contributed by atoms with E-state index in [1.54, 1.807) is 7.11 Å². The molecule has 0 unspecified atom stereocenters. The van der Waals surface area contributed by atoms with Gasteiger partial charge in [0.1, 0.15) is 5.75 Å². The van der Waals surface area contributed by atoms with Gasteiger partial charge in [-0.15, -0.1) is 0 Å². The third-order valence-electron chi connectivity index (χ3n) is 4.43. The second-order valence-electron chi connectivity index (χ2n) is 6.49. The lowest BCUT2D eigenvalue weighted by Crippen LogP contribution is -2.25. The maximum atomic E-state index is 11.1. The Morgan fingerprint density at radius 3 is 2.41 bits per heavy atom. The van der Waals surface area contributed by atoms with Crippen molar-refractivity contribution in [3.8, 4) is 5.75 Å². The number of rotatable bonds is 6. The van der Waals surface area contributed by atoms with Crippen LogP contribution < -0.4 is 4.74 Å². The van der Waals surface area contributed by atoms with Gasteiger partial charge < -0.3 is 9.84 Å². The summed E-state index contributed by atoms with van der Waals surface area (Å²) in [7, 11) is 1.66. The van der Waals surface area contributed by atoms with Crippen LogP contribution in [0.2, 0.25) is 0 Å². The number of hydrogen-bond acceptors (Lipinski definition) is 2. The summed E-state index contributed by atoms with van der Waals surface area (Å²) in [5.41, 5.74) is 0.923. The predicted octanol–water partition coefficient (Wildman–Crippen LogP) is 4.84. The number of benzene rings is 2. The monoisotopic (exact) mass is 300 g/mol. The average molecular weight is 300 g/mol. The molecule has 0 radical (unpaired) electrons. The molecule has 0 amide bonds. The van der Waals surface area contributed by atoms with Crippen LogP contribution in [0.4, 0.5) is 0 Å². The molecule has 0 aliphatic carbocycles. The molecule has 3 heteroatoms. The van der Waals surface area contributed by atoms with Crippen molar-refractivity contribution in [1.29, 1.82) is 0 Å². The van der Waals surface area contributed by atoms with Crippen molar-refractivity contribution in [2.75, 3.05) is 7.11 Å². The lowest BCUT2D eigenvalue weighted by molar-refractivity contribution is -0.139. The van der Waals surface area contributed by atoms with Crippen molar-refractivity contribution in [1.82, 2.24) is 0 Å². The Kier molecular flexibility index (Phi) is 4.74. The van der Waals surface area contributed by atoms with Crippen LogP contribution in [0, 0.1) is 5.41 Å². The molecule has 2 aromatic carbocycles. The minimum Gasteiger partial charge on any atom is -0.497 e. The van der Waals surface area contributed by atoms with Crippen molar-refractivity contribution in [3.05, 3.63) is 42.0 Å². The van der Waals surface area contributed by atoms with Gasteiger partial charge in [0.25, 0.3) is 0 Å². The van der Waals surface area contributed by atoms with Gasteiger partial charge >= 0.3 is 5.97 Å². The fraction of sp³-hybridized carbons (Fsp3) is 0.421. The molecule has 22 heavy (non-hydrogen) atoms. The van der Waals surface area contributed by atoms with Crippen molar-refractivity contribution in [2.24, 2.45) is 5.41 Å². The normalized spacial score (nSPS) is 13.1. The molecule has 118 valence electrons.